The molecule has 5 nitrogen and oxygen atoms in total. The zero-order valence-electron chi connectivity index (χ0n) is 13.9. The molecule has 1 aromatic carbocycles. The van der Waals surface area contributed by atoms with Crippen LogP contribution in [0.4, 0.5) is 0 Å². The minimum absolute atomic E-state index is 0.126. The van der Waals surface area contributed by atoms with Crippen molar-refractivity contribution in [1.82, 2.24) is 10.1 Å². The first-order chi connectivity index (χ1) is 10.9. The third-order valence-electron chi connectivity index (χ3n) is 3.85. The average molecular weight is 334 g/mol. The Labute approximate surface area is 139 Å². The lowest BCUT2D eigenvalue weighted by Crippen LogP contribution is -2.37. The zero-order chi connectivity index (χ0) is 17.0. The van der Waals surface area contributed by atoms with Crippen LogP contribution in [0.2, 0.25) is 0 Å². The molecule has 1 heterocycles. The summed E-state index contributed by atoms with van der Waals surface area (Å²) in [7, 11) is 0.420. The van der Waals surface area contributed by atoms with E-state index in [1.54, 1.807) is 25.8 Å². The van der Waals surface area contributed by atoms with E-state index in [9.17, 15) is 9.00 Å². The number of nitrogens with zero attached hydrogens (tertiary/aromatic N) is 2. The van der Waals surface area contributed by atoms with Crippen molar-refractivity contribution in [2.24, 2.45) is 0 Å². The lowest BCUT2D eigenvalue weighted by Gasteiger charge is -2.21. The third-order valence-corrected chi connectivity index (χ3v) is 5.41. The largest absolute Gasteiger partial charge is 0.361 e. The normalized spacial score (nSPS) is 13.6. The molecule has 0 aliphatic carbocycles. The number of carbonyl (C=O) groups is 1. The fraction of sp³-hybridized carbons (Fsp3) is 0.412. The van der Waals surface area contributed by atoms with Crippen LogP contribution in [-0.4, -0.2) is 32.5 Å². The van der Waals surface area contributed by atoms with Crippen LogP contribution in [0.1, 0.15) is 29.5 Å². The standard InChI is InChI=1S/C17H22N2O3S/c1-12-16(13(2)22-18-12)11-23(21)14(3)17(20)19(4)10-15-8-6-5-7-9-15/h5-9,14H,10-11H2,1-4H3. The molecule has 0 bridgehead atoms. The minimum Gasteiger partial charge on any atom is -0.361 e. The molecule has 124 valence electrons. The van der Waals surface area contributed by atoms with Crippen LogP contribution in [0.15, 0.2) is 34.9 Å². The van der Waals surface area contributed by atoms with E-state index in [1.807, 2.05) is 37.3 Å². The SMILES string of the molecule is Cc1noc(C)c1CS(=O)C(C)C(=O)N(C)Cc1ccccc1. The maximum atomic E-state index is 12.5. The van der Waals surface area contributed by atoms with Crippen LogP contribution >= 0.6 is 0 Å². The second-order valence-electron chi connectivity index (χ2n) is 5.65. The number of carbonyl (C=O) groups excluding carboxylic acids is 1. The first-order valence-corrected chi connectivity index (χ1v) is 8.86. The van der Waals surface area contributed by atoms with E-state index in [4.69, 9.17) is 4.52 Å². The Morgan fingerprint density at radius 3 is 2.52 bits per heavy atom. The molecular weight excluding hydrogens is 312 g/mol. The van der Waals surface area contributed by atoms with Crippen LogP contribution in [0.5, 0.6) is 0 Å². The summed E-state index contributed by atoms with van der Waals surface area (Å²) >= 11 is 0. The van der Waals surface area contributed by atoms with Gasteiger partial charge in [0.25, 0.3) is 0 Å². The molecule has 0 saturated heterocycles. The van der Waals surface area contributed by atoms with Gasteiger partial charge in [0.1, 0.15) is 11.0 Å². The van der Waals surface area contributed by atoms with Gasteiger partial charge in [-0.2, -0.15) is 0 Å². The second-order valence-corrected chi connectivity index (χ2v) is 7.41. The molecule has 23 heavy (non-hydrogen) atoms. The fourth-order valence-electron chi connectivity index (χ4n) is 2.33. The Bertz CT molecular complexity index is 678. The minimum atomic E-state index is -1.31. The summed E-state index contributed by atoms with van der Waals surface area (Å²) in [5, 5.41) is 3.29. The summed E-state index contributed by atoms with van der Waals surface area (Å²) in [5.74, 6) is 0.819. The number of hydrogen-bond donors (Lipinski definition) is 0. The van der Waals surface area contributed by atoms with Gasteiger partial charge in [-0.05, 0) is 26.3 Å². The maximum absolute atomic E-state index is 12.5. The van der Waals surface area contributed by atoms with Crippen molar-refractivity contribution >= 4 is 16.7 Å². The van der Waals surface area contributed by atoms with Crippen LogP contribution in [0.3, 0.4) is 0 Å². The lowest BCUT2D eigenvalue weighted by atomic mass is 10.2. The van der Waals surface area contributed by atoms with E-state index >= 15 is 0 Å². The molecule has 0 saturated carbocycles. The zero-order valence-corrected chi connectivity index (χ0v) is 14.7. The molecule has 0 N–H and O–H groups in total. The van der Waals surface area contributed by atoms with Crippen LogP contribution in [0.25, 0.3) is 0 Å². The van der Waals surface area contributed by atoms with Crippen molar-refractivity contribution in [1.29, 1.82) is 0 Å². The molecule has 1 amide bonds. The summed E-state index contributed by atoms with van der Waals surface area (Å²) in [6.07, 6.45) is 0. The van der Waals surface area contributed by atoms with E-state index in [0.29, 0.717) is 12.3 Å². The Morgan fingerprint density at radius 1 is 1.30 bits per heavy atom. The van der Waals surface area contributed by atoms with Gasteiger partial charge in [0.15, 0.2) is 0 Å². The second kappa shape index (κ2) is 7.55. The number of hydrogen-bond acceptors (Lipinski definition) is 4. The van der Waals surface area contributed by atoms with E-state index in [2.05, 4.69) is 5.16 Å². The molecule has 0 aliphatic rings. The van der Waals surface area contributed by atoms with Gasteiger partial charge in [-0.15, -0.1) is 0 Å². The van der Waals surface area contributed by atoms with E-state index in [-0.39, 0.29) is 11.7 Å². The first-order valence-electron chi connectivity index (χ1n) is 7.48. The lowest BCUT2D eigenvalue weighted by molar-refractivity contribution is -0.129. The summed E-state index contributed by atoms with van der Waals surface area (Å²) in [4.78, 5) is 14.1. The van der Waals surface area contributed by atoms with Crippen molar-refractivity contribution in [2.45, 2.75) is 38.3 Å². The highest BCUT2D eigenvalue weighted by molar-refractivity contribution is 7.85. The van der Waals surface area contributed by atoms with Crippen LogP contribution in [-0.2, 0) is 27.9 Å². The van der Waals surface area contributed by atoms with E-state index < -0.39 is 16.0 Å². The average Bonchev–Trinajstić information content (AvgIpc) is 2.86. The molecule has 0 spiro atoms. The summed E-state index contributed by atoms with van der Waals surface area (Å²) < 4.78 is 17.6. The highest BCUT2D eigenvalue weighted by Crippen LogP contribution is 2.17. The quantitative estimate of drug-likeness (QED) is 0.814. The van der Waals surface area contributed by atoms with Crippen molar-refractivity contribution < 1.29 is 13.5 Å². The molecule has 2 unspecified atom stereocenters. The van der Waals surface area contributed by atoms with Gasteiger partial charge in [0, 0.05) is 30.0 Å². The molecule has 2 aromatic rings. The highest BCUT2D eigenvalue weighted by Gasteiger charge is 2.25. The molecular formula is C17H22N2O3S. The predicted molar refractivity (Wildman–Crippen MR) is 90.2 cm³/mol. The van der Waals surface area contributed by atoms with Crippen molar-refractivity contribution in [3.8, 4) is 0 Å². The molecule has 0 radical (unpaired) electrons. The Kier molecular flexibility index (Phi) is 5.71. The highest BCUT2D eigenvalue weighted by atomic mass is 32.2. The van der Waals surface area contributed by atoms with Gasteiger partial charge in [-0.25, -0.2) is 0 Å². The summed E-state index contributed by atoms with van der Waals surface area (Å²) in [6, 6.07) is 9.75. The maximum Gasteiger partial charge on any atom is 0.238 e. The Morgan fingerprint density at radius 2 is 1.96 bits per heavy atom. The van der Waals surface area contributed by atoms with Gasteiger partial charge >= 0.3 is 0 Å². The molecule has 6 heteroatoms. The number of aromatic nitrogens is 1. The van der Waals surface area contributed by atoms with Crippen molar-refractivity contribution in [3.63, 3.8) is 0 Å². The third kappa shape index (κ3) is 4.28. The van der Waals surface area contributed by atoms with Gasteiger partial charge in [0.05, 0.1) is 11.4 Å². The summed E-state index contributed by atoms with van der Waals surface area (Å²) in [6.45, 7) is 5.82. The molecule has 2 rings (SSSR count). The van der Waals surface area contributed by atoms with E-state index in [0.717, 1.165) is 16.8 Å². The fourth-order valence-corrected chi connectivity index (χ4v) is 3.68. The smallest absolute Gasteiger partial charge is 0.238 e. The number of aryl methyl sites for hydroxylation is 2. The number of benzene rings is 1. The van der Waals surface area contributed by atoms with Gasteiger partial charge < -0.3 is 9.42 Å². The van der Waals surface area contributed by atoms with Crippen molar-refractivity contribution in [2.75, 3.05) is 7.05 Å². The van der Waals surface area contributed by atoms with Crippen LogP contribution < -0.4 is 0 Å². The molecule has 1 aromatic heterocycles. The Balaban J connectivity index is 1.99. The predicted octanol–water partition coefficient (Wildman–Crippen LogP) is 2.59. The number of rotatable bonds is 6. The van der Waals surface area contributed by atoms with Crippen molar-refractivity contribution in [3.05, 3.63) is 52.9 Å². The molecule has 0 fully saturated rings. The Hall–Kier alpha value is -1.95. The molecule has 0 aliphatic heterocycles. The van der Waals surface area contributed by atoms with E-state index in [1.165, 1.54) is 0 Å². The monoisotopic (exact) mass is 334 g/mol. The molecule has 2 atom stereocenters. The van der Waals surface area contributed by atoms with Gasteiger partial charge in [0.2, 0.25) is 5.91 Å². The van der Waals surface area contributed by atoms with Crippen LogP contribution in [0, 0.1) is 13.8 Å². The van der Waals surface area contributed by atoms with Gasteiger partial charge in [-0.1, -0.05) is 35.5 Å². The summed E-state index contributed by atoms with van der Waals surface area (Å²) in [5.41, 5.74) is 2.61. The van der Waals surface area contributed by atoms with Gasteiger partial charge in [-0.3, -0.25) is 9.00 Å². The topological polar surface area (TPSA) is 63.4 Å². The number of amides is 1. The first kappa shape index (κ1) is 17.4.